The average molecular weight is 417 g/mol. The molecule has 0 aliphatic carbocycles. The molecule has 7 nitrogen and oxygen atoms in total. The molecule has 9 heteroatoms. The number of methoxy groups -OCH3 is 1. The molecule has 1 aliphatic heterocycles. The van der Waals surface area contributed by atoms with E-state index in [1.54, 1.807) is 31.5 Å². The van der Waals surface area contributed by atoms with Crippen LogP contribution in [-0.2, 0) is 9.53 Å². The molecule has 146 valence electrons. The molecule has 1 amide bonds. The number of hydrogen-bond acceptors (Lipinski definition) is 7. The summed E-state index contributed by atoms with van der Waals surface area (Å²) in [4.78, 5) is 32.3. The van der Waals surface area contributed by atoms with Gasteiger partial charge in [0, 0.05) is 19.9 Å². The van der Waals surface area contributed by atoms with Crippen molar-refractivity contribution < 1.29 is 9.53 Å². The van der Waals surface area contributed by atoms with E-state index in [2.05, 4.69) is 16.9 Å². The molecular formula is C19H20N4O3S2. The van der Waals surface area contributed by atoms with Gasteiger partial charge in [-0.15, -0.1) is 6.58 Å². The lowest BCUT2D eigenvalue weighted by atomic mass is 10.2. The second-order valence-corrected chi connectivity index (χ2v) is 7.74. The molecular weight excluding hydrogens is 396 g/mol. The Bertz CT molecular complexity index is 1050. The van der Waals surface area contributed by atoms with E-state index < -0.39 is 0 Å². The number of nitrogens with zero attached hydrogens (tertiary/aromatic N) is 3. The van der Waals surface area contributed by atoms with Crippen LogP contribution in [0.3, 0.4) is 0 Å². The summed E-state index contributed by atoms with van der Waals surface area (Å²) in [5.74, 6) is 0.164. The van der Waals surface area contributed by atoms with Crippen molar-refractivity contribution in [1.82, 2.24) is 14.3 Å². The zero-order valence-corrected chi connectivity index (χ0v) is 17.2. The van der Waals surface area contributed by atoms with Crippen molar-refractivity contribution in [3.63, 3.8) is 0 Å². The Morgan fingerprint density at radius 1 is 1.43 bits per heavy atom. The molecule has 3 heterocycles. The maximum absolute atomic E-state index is 13.1. The number of hydrogen-bond donors (Lipinski definition) is 1. The highest BCUT2D eigenvalue weighted by molar-refractivity contribution is 8.26. The molecule has 1 saturated heterocycles. The number of carbonyl (C=O) groups excluding carboxylic acids is 1. The molecule has 28 heavy (non-hydrogen) atoms. The fourth-order valence-electron chi connectivity index (χ4n) is 2.75. The largest absolute Gasteiger partial charge is 0.383 e. The Morgan fingerprint density at radius 2 is 2.21 bits per heavy atom. The number of aryl methyl sites for hydroxylation is 1. The van der Waals surface area contributed by atoms with E-state index in [0.29, 0.717) is 46.0 Å². The number of thiocarbonyl (C=S) groups is 1. The monoisotopic (exact) mass is 416 g/mol. The maximum Gasteiger partial charge on any atom is 0.267 e. The van der Waals surface area contributed by atoms with Crippen LogP contribution in [0.1, 0.15) is 11.1 Å². The molecule has 1 N–H and O–H groups in total. The number of pyridine rings is 1. The molecule has 0 unspecified atom stereocenters. The molecule has 1 aliphatic rings. The van der Waals surface area contributed by atoms with Gasteiger partial charge in [-0.05, 0) is 24.6 Å². The van der Waals surface area contributed by atoms with Crippen LogP contribution in [0.4, 0.5) is 5.82 Å². The third-order valence-electron chi connectivity index (χ3n) is 4.17. The van der Waals surface area contributed by atoms with E-state index in [0.717, 1.165) is 5.56 Å². The molecule has 0 saturated carbocycles. The van der Waals surface area contributed by atoms with Gasteiger partial charge in [0.2, 0.25) is 0 Å². The lowest BCUT2D eigenvalue weighted by molar-refractivity contribution is -0.122. The highest BCUT2D eigenvalue weighted by atomic mass is 32.2. The predicted octanol–water partition coefficient (Wildman–Crippen LogP) is 2.45. The van der Waals surface area contributed by atoms with Crippen LogP contribution in [0.15, 0.2) is 40.7 Å². The molecule has 0 bridgehead atoms. The second kappa shape index (κ2) is 8.68. The summed E-state index contributed by atoms with van der Waals surface area (Å²) >= 11 is 6.46. The number of rotatable bonds is 7. The van der Waals surface area contributed by atoms with Gasteiger partial charge in [-0.3, -0.25) is 18.9 Å². The zero-order chi connectivity index (χ0) is 20.3. The number of nitrogens with one attached hydrogen (secondary N) is 1. The first-order valence-electron chi connectivity index (χ1n) is 8.59. The van der Waals surface area contributed by atoms with Gasteiger partial charge in [-0.25, -0.2) is 4.98 Å². The van der Waals surface area contributed by atoms with Crippen molar-refractivity contribution in [3.8, 4) is 0 Å². The number of amides is 1. The van der Waals surface area contributed by atoms with E-state index in [-0.39, 0.29) is 11.5 Å². The summed E-state index contributed by atoms with van der Waals surface area (Å²) < 4.78 is 6.95. The summed E-state index contributed by atoms with van der Waals surface area (Å²) in [6.45, 7) is 6.76. The zero-order valence-electron chi connectivity index (χ0n) is 15.6. The van der Waals surface area contributed by atoms with Gasteiger partial charge < -0.3 is 10.1 Å². The summed E-state index contributed by atoms with van der Waals surface area (Å²) in [5.41, 5.74) is 1.47. The molecule has 1 fully saturated rings. The van der Waals surface area contributed by atoms with E-state index in [9.17, 15) is 9.59 Å². The molecule has 2 aromatic rings. The van der Waals surface area contributed by atoms with Crippen LogP contribution in [0.2, 0.25) is 0 Å². The van der Waals surface area contributed by atoms with Crippen molar-refractivity contribution in [1.29, 1.82) is 0 Å². The Balaban J connectivity index is 2.11. The van der Waals surface area contributed by atoms with E-state index in [4.69, 9.17) is 17.0 Å². The average Bonchev–Trinajstić information content (AvgIpc) is 2.94. The Morgan fingerprint density at radius 3 is 2.93 bits per heavy atom. The van der Waals surface area contributed by atoms with Gasteiger partial charge in [-0.1, -0.05) is 36.1 Å². The number of anilines is 1. The van der Waals surface area contributed by atoms with Crippen LogP contribution in [-0.4, -0.2) is 51.3 Å². The van der Waals surface area contributed by atoms with Crippen molar-refractivity contribution in [3.05, 3.63) is 57.4 Å². The lowest BCUT2D eigenvalue weighted by Crippen LogP contribution is -2.31. The van der Waals surface area contributed by atoms with Gasteiger partial charge >= 0.3 is 0 Å². The number of thioether (sulfide) groups is 1. The number of carbonyl (C=O) groups is 1. The van der Waals surface area contributed by atoms with Crippen LogP contribution in [0, 0.1) is 6.92 Å². The maximum atomic E-state index is 13.1. The van der Waals surface area contributed by atoms with Crippen LogP contribution >= 0.6 is 24.0 Å². The SMILES string of the molecule is C=CCNc1nc2c(C)cccn2c(=O)c1/C=C1\SC(=S)N(CCOC)C1=O. The number of fused-ring (bicyclic) bond motifs is 1. The topological polar surface area (TPSA) is 75.9 Å². The summed E-state index contributed by atoms with van der Waals surface area (Å²) in [5, 5.41) is 3.09. The van der Waals surface area contributed by atoms with Crippen molar-refractivity contribution in [2.75, 3.05) is 32.1 Å². The highest BCUT2D eigenvalue weighted by Gasteiger charge is 2.32. The fourth-order valence-corrected chi connectivity index (χ4v) is 4.04. The van der Waals surface area contributed by atoms with Gasteiger partial charge in [0.25, 0.3) is 11.5 Å². The normalized spacial score (nSPS) is 15.6. The molecule has 3 rings (SSSR count). The molecule has 2 aromatic heterocycles. The molecule has 0 spiro atoms. The standard InChI is InChI=1S/C19H20N4O3S2/c1-4-7-20-15-13(17(24)22-8-5-6-12(2)16(22)21-15)11-14-18(25)23(9-10-26-3)19(27)28-14/h4-6,8,11,20H,1,7,9-10H2,2-3H3/b14-11-. The quantitative estimate of drug-likeness (QED) is 0.422. The van der Waals surface area contributed by atoms with Crippen LogP contribution in [0.25, 0.3) is 11.7 Å². The minimum Gasteiger partial charge on any atom is -0.383 e. The smallest absolute Gasteiger partial charge is 0.267 e. The molecule has 0 atom stereocenters. The van der Waals surface area contributed by atoms with Crippen molar-refractivity contribution in [2.24, 2.45) is 0 Å². The summed E-state index contributed by atoms with van der Waals surface area (Å²) in [6, 6.07) is 3.68. The highest BCUT2D eigenvalue weighted by Crippen LogP contribution is 2.32. The Kier molecular flexibility index (Phi) is 6.28. The van der Waals surface area contributed by atoms with E-state index in [1.165, 1.54) is 21.1 Å². The fraction of sp³-hybridized carbons (Fsp3) is 0.263. The van der Waals surface area contributed by atoms with Gasteiger partial charge in [0.05, 0.1) is 23.6 Å². The van der Waals surface area contributed by atoms with E-state index >= 15 is 0 Å². The number of ether oxygens (including phenoxy) is 1. The lowest BCUT2D eigenvalue weighted by Gasteiger charge is -2.13. The summed E-state index contributed by atoms with van der Waals surface area (Å²) in [6.07, 6.45) is 4.90. The minimum absolute atomic E-state index is 0.240. The van der Waals surface area contributed by atoms with Gasteiger partial charge in [-0.2, -0.15) is 0 Å². The Labute approximate surface area is 172 Å². The first-order chi connectivity index (χ1) is 13.5. The van der Waals surface area contributed by atoms with Crippen molar-refractivity contribution in [2.45, 2.75) is 6.92 Å². The number of aromatic nitrogens is 2. The first kappa shape index (κ1) is 20.2. The Hall–Kier alpha value is -2.49. The first-order valence-corrected chi connectivity index (χ1v) is 9.81. The minimum atomic E-state index is -0.262. The third kappa shape index (κ3) is 3.87. The third-order valence-corrected chi connectivity index (χ3v) is 5.54. The van der Waals surface area contributed by atoms with E-state index in [1.807, 2.05) is 13.0 Å². The van der Waals surface area contributed by atoms with Gasteiger partial charge in [0.1, 0.15) is 15.8 Å². The molecule has 0 radical (unpaired) electrons. The second-order valence-electron chi connectivity index (χ2n) is 6.06. The van der Waals surface area contributed by atoms with Crippen molar-refractivity contribution >= 4 is 51.7 Å². The van der Waals surface area contributed by atoms with Crippen LogP contribution in [0.5, 0.6) is 0 Å². The summed E-state index contributed by atoms with van der Waals surface area (Å²) in [7, 11) is 1.56. The van der Waals surface area contributed by atoms with Gasteiger partial charge in [0.15, 0.2) is 0 Å². The molecule has 0 aromatic carbocycles. The predicted molar refractivity (Wildman–Crippen MR) is 117 cm³/mol. The van der Waals surface area contributed by atoms with Crippen LogP contribution < -0.4 is 10.9 Å².